The number of aromatic nitrogens is 3. The van der Waals surface area contributed by atoms with Gasteiger partial charge in [0, 0.05) is 19.0 Å². The molecule has 0 bridgehead atoms. The van der Waals surface area contributed by atoms with Crippen molar-refractivity contribution in [2.75, 3.05) is 6.54 Å². The lowest BCUT2D eigenvalue weighted by Crippen LogP contribution is -2.34. The minimum atomic E-state index is -0.0917. The van der Waals surface area contributed by atoms with Gasteiger partial charge >= 0.3 is 0 Å². The fraction of sp³-hybridized carbons (Fsp3) is 0.583. The highest BCUT2D eigenvalue weighted by molar-refractivity contribution is 5.91. The van der Waals surface area contributed by atoms with E-state index in [0.717, 1.165) is 31.5 Å². The van der Waals surface area contributed by atoms with Crippen molar-refractivity contribution in [2.24, 2.45) is 0 Å². The summed E-state index contributed by atoms with van der Waals surface area (Å²) in [5.74, 6) is 0.971. The fourth-order valence-corrected chi connectivity index (χ4v) is 1.79. The molecule has 1 aliphatic carbocycles. The van der Waals surface area contributed by atoms with Crippen LogP contribution in [0.2, 0.25) is 0 Å². The predicted octanol–water partition coefficient (Wildman–Crippen LogP) is 1.55. The summed E-state index contributed by atoms with van der Waals surface area (Å²) in [5.41, 5.74) is 0. The van der Waals surface area contributed by atoms with Gasteiger partial charge in [-0.3, -0.25) is 9.89 Å². The van der Waals surface area contributed by atoms with Gasteiger partial charge in [0.25, 0.3) is 5.91 Å². The normalized spacial score (nSPS) is 14.6. The number of carbonyl (C=O) groups excluding carboxylic acids is 1. The maximum Gasteiger partial charge on any atom is 0.294 e. The third-order valence-electron chi connectivity index (χ3n) is 2.78. The molecule has 5 nitrogen and oxygen atoms in total. The van der Waals surface area contributed by atoms with Crippen LogP contribution in [0.1, 0.15) is 42.6 Å². The maximum absolute atomic E-state index is 12.2. The summed E-state index contributed by atoms with van der Waals surface area (Å²) in [6.07, 6.45) is 5.71. The second-order valence-electron chi connectivity index (χ2n) is 4.33. The van der Waals surface area contributed by atoms with Gasteiger partial charge in [0.2, 0.25) is 5.82 Å². The number of aryl methyl sites for hydroxylation is 1. The van der Waals surface area contributed by atoms with Crippen molar-refractivity contribution in [3.63, 3.8) is 0 Å². The van der Waals surface area contributed by atoms with Gasteiger partial charge in [0.1, 0.15) is 5.82 Å². The van der Waals surface area contributed by atoms with E-state index in [-0.39, 0.29) is 11.7 Å². The van der Waals surface area contributed by atoms with Crippen LogP contribution in [0.5, 0.6) is 0 Å². The summed E-state index contributed by atoms with van der Waals surface area (Å²) in [6, 6.07) is 0.355. The molecule has 2 rings (SSSR count). The third kappa shape index (κ3) is 2.72. The molecule has 1 amide bonds. The number of carbonyl (C=O) groups is 1. The SMILES string of the molecule is C=CCN(C(=O)c1n[nH]c(CCC)n1)C1CC1. The first kappa shape index (κ1) is 11.8. The van der Waals surface area contributed by atoms with Gasteiger partial charge < -0.3 is 4.90 Å². The molecule has 1 aromatic rings. The van der Waals surface area contributed by atoms with Gasteiger partial charge in [-0.05, 0) is 19.3 Å². The van der Waals surface area contributed by atoms with Crippen LogP contribution in [0.4, 0.5) is 0 Å². The summed E-state index contributed by atoms with van der Waals surface area (Å²) in [7, 11) is 0. The molecule has 0 aromatic carbocycles. The maximum atomic E-state index is 12.2. The van der Waals surface area contributed by atoms with E-state index in [1.54, 1.807) is 11.0 Å². The summed E-state index contributed by atoms with van der Waals surface area (Å²) >= 11 is 0. The van der Waals surface area contributed by atoms with Gasteiger partial charge in [-0.15, -0.1) is 11.7 Å². The lowest BCUT2D eigenvalue weighted by Gasteiger charge is -2.18. The Morgan fingerprint density at radius 3 is 3.00 bits per heavy atom. The highest BCUT2D eigenvalue weighted by atomic mass is 16.2. The van der Waals surface area contributed by atoms with Crippen LogP contribution in [0.25, 0.3) is 0 Å². The average molecular weight is 234 g/mol. The van der Waals surface area contributed by atoms with Crippen LogP contribution < -0.4 is 0 Å². The Balaban J connectivity index is 2.07. The van der Waals surface area contributed by atoms with E-state index < -0.39 is 0 Å². The van der Waals surface area contributed by atoms with Gasteiger partial charge in [-0.1, -0.05) is 13.0 Å². The molecule has 0 atom stereocenters. The number of hydrogen-bond acceptors (Lipinski definition) is 3. The van der Waals surface area contributed by atoms with Gasteiger partial charge in [-0.25, -0.2) is 4.98 Å². The Bertz CT molecular complexity index is 408. The zero-order chi connectivity index (χ0) is 12.3. The summed E-state index contributed by atoms with van der Waals surface area (Å²) in [5, 5.41) is 6.80. The minimum absolute atomic E-state index is 0.0917. The Morgan fingerprint density at radius 2 is 2.41 bits per heavy atom. The molecule has 0 aliphatic heterocycles. The van der Waals surface area contributed by atoms with E-state index in [2.05, 4.69) is 28.7 Å². The Hall–Kier alpha value is -1.65. The molecule has 17 heavy (non-hydrogen) atoms. The molecule has 0 spiro atoms. The van der Waals surface area contributed by atoms with Crippen LogP contribution >= 0.6 is 0 Å². The predicted molar refractivity (Wildman–Crippen MR) is 64.6 cm³/mol. The molecule has 1 heterocycles. The second kappa shape index (κ2) is 5.12. The van der Waals surface area contributed by atoms with E-state index in [4.69, 9.17) is 0 Å². The molecule has 0 unspecified atom stereocenters. The average Bonchev–Trinajstić information content (AvgIpc) is 3.06. The van der Waals surface area contributed by atoms with Crippen molar-refractivity contribution in [3.05, 3.63) is 24.3 Å². The van der Waals surface area contributed by atoms with E-state index in [9.17, 15) is 4.79 Å². The monoisotopic (exact) mass is 234 g/mol. The van der Waals surface area contributed by atoms with Crippen LogP contribution in [0, 0.1) is 0 Å². The molecule has 0 saturated heterocycles. The summed E-state index contributed by atoms with van der Waals surface area (Å²) in [4.78, 5) is 18.2. The largest absolute Gasteiger partial charge is 0.329 e. The highest BCUT2D eigenvalue weighted by Crippen LogP contribution is 2.27. The van der Waals surface area contributed by atoms with E-state index in [1.807, 2.05) is 0 Å². The molecule has 1 aliphatic rings. The van der Waals surface area contributed by atoms with Crippen molar-refractivity contribution in [3.8, 4) is 0 Å². The van der Waals surface area contributed by atoms with Crippen molar-refractivity contribution in [1.82, 2.24) is 20.1 Å². The highest BCUT2D eigenvalue weighted by Gasteiger charge is 2.33. The second-order valence-corrected chi connectivity index (χ2v) is 4.33. The summed E-state index contributed by atoms with van der Waals surface area (Å²) < 4.78 is 0. The first-order valence-electron chi connectivity index (χ1n) is 6.09. The van der Waals surface area contributed by atoms with Crippen LogP contribution in [0.15, 0.2) is 12.7 Å². The van der Waals surface area contributed by atoms with E-state index in [1.165, 1.54) is 0 Å². The topological polar surface area (TPSA) is 61.9 Å². The lowest BCUT2D eigenvalue weighted by atomic mass is 10.3. The van der Waals surface area contributed by atoms with Crippen molar-refractivity contribution < 1.29 is 4.79 Å². The number of rotatable bonds is 6. The lowest BCUT2D eigenvalue weighted by molar-refractivity contribution is 0.0750. The quantitative estimate of drug-likeness (QED) is 0.759. The standard InChI is InChI=1S/C12H18N4O/c1-3-5-10-13-11(15-14-10)12(17)16(8-4-2)9-6-7-9/h4,9H,2-3,5-8H2,1H3,(H,13,14,15). The van der Waals surface area contributed by atoms with Crippen LogP contribution in [-0.2, 0) is 6.42 Å². The molecule has 1 N–H and O–H groups in total. The first-order valence-corrected chi connectivity index (χ1v) is 6.09. The first-order chi connectivity index (χ1) is 8.26. The van der Waals surface area contributed by atoms with Crippen LogP contribution in [0.3, 0.4) is 0 Å². The fourth-order valence-electron chi connectivity index (χ4n) is 1.79. The minimum Gasteiger partial charge on any atom is -0.329 e. The molecular formula is C12H18N4O. The van der Waals surface area contributed by atoms with Crippen molar-refractivity contribution in [1.29, 1.82) is 0 Å². The molecule has 1 saturated carbocycles. The summed E-state index contributed by atoms with van der Waals surface area (Å²) in [6.45, 7) is 6.32. The zero-order valence-electron chi connectivity index (χ0n) is 10.1. The molecule has 1 fully saturated rings. The Morgan fingerprint density at radius 1 is 1.65 bits per heavy atom. The van der Waals surface area contributed by atoms with Crippen molar-refractivity contribution >= 4 is 5.91 Å². The molecular weight excluding hydrogens is 216 g/mol. The third-order valence-corrected chi connectivity index (χ3v) is 2.78. The van der Waals surface area contributed by atoms with Crippen molar-refractivity contribution in [2.45, 2.75) is 38.6 Å². The number of hydrogen-bond donors (Lipinski definition) is 1. The zero-order valence-corrected chi connectivity index (χ0v) is 10.1. The molecule has 0 radical (unpaired) electrons. The molecule has 92 valence electrons. The number of H-pyrrole nitrogens is 1. The number of amides is 1. The van der Waals surface area contributed by atoms with Gasteiger partial charge in [-0.2, -0.15) is 0 Å². The van der Waals surface area contributed by atoms with Gasteiger partial charge in [0.05, 0.1) is 0 Å². The van der Waals surface area contributed by atoms with Crippen LogP contribution in [-0.4, -0.2) is 38.6 Å². The smallest absolute Gasteiger partial charge is 0.294 e. The van der Waals surface area contributed by atoms with E-state index in [0.29, 0.717) is 12.6 Å². The van der Waals surface area contributed by atoms with Gasteiger partial charge in [0.15, 0.2) is 0 Å². The Kier molecular flexibility index (Phi) is 3.56. The number of aromatic amines is 1. The molecule has 1 aromatic heterocycles. The molecule has 5 heteroatoms. The number of nitrogens with zero attached hydrogens (tertiary/aromatic N) is 3. The Labute approximate surface area is 101 Å². The van der Waals surface area contributed by atoms with E-state index >= 15 is 0 Å². The number of nitrogens with one attached hydrogen (secondary N) is 1.